The van der Waals surface area contributed by atoms with Crippen molar-refractivity contribution < 1.29 is 14.7 Å². The molecule has 1 aliphatic carbocycles. The highest BCUT2D eigenvalue weighted by Gasteiger charge is 2.40. The van der Waals surface area contributed by atoms with Crippen LogP contribution in [0.1, 0.15) is 52.7 Å². The summed E-state index contributed by atoms with van der Waals surface area (Å²) < 4.78 is 0. The number of anilines is 1. The average Bonchev–Trinajstić information content (AvgIpc) is 3.15. The smallest absolute Gasteiger partial charge is 0.335 e. The van der Waals surface area contributed by atoms with Crippen molar-refractivity contribution in [2.45, 2.75) is 46.1 Å². The predicted octanol–water partition coefficient (Wildman–Crippen LogP) is 4.29. The molecule has 3 N–H and O–H groups in total. The molecule has 0 atom stereocenters. The van der Waals surface area contributed by atoms with Crippen molar-refractivity contribution in [1.29, 1.82) is 0 Å². The van der Waals surface area contributed by atoms with Gasteiger partial charge in [-0.05, 0) is 67.6 Å². The quantitative estimate of drug-likeness (QED) is 0.669. The zero-order chi connectivity index (χ0) is 20.1. The lowest BCUT2D eigenvalue weighted by Crippen LogP contribution is -2.42. The van der Waals surface area contributed by atoms with Crippen LogP contribution in [0, 0.1) is 19.3 Å². The fraction of sp³-hybridized carbons (Fsp3) is 0.391. The van der Waals surface area contributed by atoms with Gasteiger partial charge in [-0.15, -0.1) is 0 Å². The first-order valence-electron chi connectivity index (χ1n) is 9.81. The van der Waals surface area contributed by atoms with Gasteiger partial charge in [0.15, 0.2) is 0 Å². The fourth-order valence-corrected chi connectivity index (χ4v) is 3.83. The number of carboxylic acid groups (broad SMARTS) is 1. The van der Waals surface area contributed by atoms with E-state index in [1.54, 1.807) is 12.1 Å². The number of rotatable bonds is 7. The minimum atomic E-state index is -0.924. The maximum absolute atomic E-state index is 13.1. The van der Waals surface area contributed by atoms with Gasteiger partial charge in [0.1, 0.15) is 0 Å². The summed E-state index contributed by atoms with van der Waals surface area (Å²) in [6.07, 6.45) is 3.90. The molecule has 0 bridgehead atoms. The van der Waals surface area contributed by atoms with Crippen LogP contribution in [0.2, 0.25) is 0 Å². The Labute approximate surface area is 166 Å². The summed E-state index contributed by atoms with van der Waals surface area (Å²) >= 11 is 0. The van der Waals surface area contributed by atoms with Gasteiger partial charge in [-0.1, -0.05) is 31.0 Å². The van der Waals surface area contributed by atoms with Gasteiger partial charge in [-0.25, -0.2) is 4.79 Å². The number of benzene rings is 2. The number of hydrogen-bond donors (Lipinski definition) is 3. The van der Waals surface area contributed by atoms with Gasteiger partial charge in [0.05, 0.1) is 11.0 Å². The maximum Gasteiger partial charge on any atom is 0.335 e. The van der Waals surface area contributed by atoms with Crippen molar-refractivity contribution in [1.82, 2.24) is 5.32 Å². The molecule has 5 nitrogen and oxygen atoms in total. The van der Waals surface area contributed by atoms with Crippen LogP contribution < -0.4 is 10.6 Å². The second-order valence-electron chi connectivity index (χ2n) is 7.85. The summed E-state index contributed by atoms with van der Waals surface area (Å²) in [6, 6.07) is 12.9. The molecule has 1 amide bonds. The van der Waals surface area contributed by atoms with Crippen molar-refractivity contribution >= 4 is 17.6 Å². The van der Waals surface area contributed by atoms with E-state index in [1.165, 1.54) is 11.1 Å². The highest BCUT2D eigenvalue weighted by molar-refractivity contribution is 5.95. The summed E-state index contributed by atoms with van der Waals surface area (Å²) in [5, 5.41) is 15.5. The molecule has 5 heteroatoms. The van der Waals surface area contributed by atoms with Crippen LogP contribution in [0.25, 0.3) is 0 Å². The van der Waals surface area contributed by atoms with Crippen LogP contribution >= 0.6 is 0 Å². The van der Waals surface area contributed by atoms with Gasteiger partial charge in [0.25, 0.3) is 0 Å². The van der Waals surface area contributed by atoms with E-state index in [1.807, 2.05) is 37.3 Å². The SMILES string of the molecule is Cc1ccc(NC(=O)C2(CNCc3ccc(C(=O)O)cc3)CCCC2)cc1C. The number of amides is 1. The van der Waals surface area contributed by atoms with Crippen LogP contribution in [0.15, 0.2) is 42.5 Å². The van der Waals surface area contributed by atoms with Gasteiger partial charge in [-0.2, -0.15) is 0 Å². The number of aromatic carboxylic acids is 1. The molecule has 0 heterocycles. The van der Waals surface area contributed by atoms with Crippen LogP contribution in [-0.2, 0) is 11.3 Å². The molecule has 1 aliphatic rings. The summed E-state index contributed by atoms with van der Waals surface area (Å²) in [5.41, 5.74) is 4.13. The number of carbonyl (C=O) groups is 2. The Hall–Kier alpha value is -2.66. The Balaban J connectivity index is 1.62. The average molecular weight is 380 g/mol. The number of hydrogen-bond acceptors (Lipinski definition) is 3. The molecule has 148 valence electrons. The fourth-order valence-electron chi connectivity index (χ4n) is 3.83. The lowest BCUT2D eigenvalue weighted by atomic mass is 9.84. The molecule has 0 radical (unpaired) electrons. The third kappa shape index (κ3) is 4.60. The topological polar surface area (TPSA) is 78.4 Å². The first-order valence-corrected chi connectivity index (χ1v) is 9.81. The first-order chi connectivity index (χ1) is 13.4. The second kappa shape index (κ2) is 8.57. The molecule has 0 aromatic heterocycles. The molecular weight excluding hydrogens is 352 g/mol. The molecular formula is C23H28N2O3. The van der Waals surface area contributed by atoms with Crippen molar-refractivity contribution in [2.24, 2.45) is 5.41 Å². The molecule has 2 aromatic rings. The van der Waals surface area contributed by atoms with E-state index >= 15 is 0 Å². The zero-order valence-corrected chi connectivity index (χ0v) is 16.5. The third-order valence-corrected chi connectivity index (χ3v) is 5.80. The van der Waals surface area contributed by atoms with Gasteiger partial charge >= 0.3 is 5.97 Å². The Morgan fingerprint density at radius 1 is 1.00 bits per heavy atom. The molecule has 2 aromatic carbocycles. The molecule has 0 spiro atoms. The largest absolute Gasteiger partial charge is 0.478 e. The van der Waals surface area contributed by atoms with Crippen LogP contribution in [0.4, 0.5) is 5.69 Å². The van der Waals surface area contributed by atoms with E-state index in [4.69, 9.17) is 5.11 Å². The molecule has 0 saturated heterocycles. The van der Waals surface area contributed by atoms with E-state index in [2.05, 4.69) is 17.6 Å². The predicted molar refractivity (Wildman–Crippen MR) is 111 cm³/mol. The molecule has 3 rings (SSSR count). The summed E-state index contributed by atoms with van der Waals surface area (Å²) in [7, 11) is 0. The van der Waals surface area contributed by atoms with Gasteiger partial charge < -0.3 is 15.7 Å². The van der Waals surface area contributed by atoms with Crippen molar-refractivity contribution in [3.05, 3.63) is 64.7 Å². The van der Waals surface area contributed by atoms with Crippen LogP contribution in [0.5, 0.6) is 0 Å². The van der Waals surface area contributed by atoms with Crippen LogP contribution in [0.3, 0.4) is 0 Å². The Morgan fingerprint density at radius 2 is 1.68 bits per heavy atom. The molecule has 1 fully saturated rings. The van der Waals surface area contributed by atoms with E-state index in [9.17, 15) is 9.59 Å². The van der Waals surface area contributed by atoms with Crippen molar-refractivity contribution in [3.8, 4) is 0 Å². The van der Waals surface area contributed by atoms with E-state index in [0.717, 1.165) is 36.9 Å². The Bertz CT molecular complexity index is 853. The second-order valence-corrected chi connectivity index (χ2v) is 7.85. The Morgan fingerprint density at radius 3 is 2.29 bits per heavy atom. The Kier molecular flexibility index (Phi) is 6.15. The lowest BCUT2D eigenvalue weighted by molar-refractivity contribution is -0.125. The highest BCUT2D eigenvalue weighted by Crippen LogP contribution is 2.38. The van der Waals surface area contributed by atoms with Gasteiger partial charge in [0, 0.05) is 18.8 Å². The van der Waals surface area contributed by atoms with Crippen molar-refractivity contribution in [2.75, 3.05) is 11.9 Å². The van der Waals surface area contributed by atoms with Crippen LogP contribution in [-0.4, -0.2) is 23.5 Å². The number of aryl methyl sites for hydroxylation is 2. The molecule has 0 aliphatic heterocycles. The molecule has 28 heavy (non-hydrogen) atoms. The summed E-state index contributed by atoms with van der Waals surface area (Å²) in [5.74, 6) is -0.839. The standard InChI is InChI=1S/C23H28N2O3/c1-16-5-10-20(13-17(16)2)25-22(28)23(11-3-4-12-23)15-24-14-18-6-8-19(9-7-18)21(26)27/h5-10,13,24H,3-4,11-12,14-15H2,1-2H3,(H,25,28)(H,26,27). The molecule has 1 saturated carbocycles. The number of nitrogens with one attached hydrogen (secondary N) is 2. The lowest BCUT2D eigenvalue weighted by Gasteiger charge is -2.28. The number of carbonyl (C=O) groups excluding carboxylic acids is 1. The number of carboxylic acids is 1. The third-order valence-electron chi connectivity index (χ3n) is 5.80. The minimum Gasteiger partial charge on any atom is -0.478 e. The van der Waals surface area contributed by atoms with E-state index in [0.29, 0.717) is 13.1 Å². The highest BCUT2D eigenvalue weighted by atomic mass is 16.4. The van der Waals surface area contributed by atoms with Gasteiger partial charge in [0.2, 0.25) is 5.91 Å². The normalized spacial score (nSPS) is 15.4. The minimum absolute atomic E-state index is 0.0852. The summed E-state index contributed by atoms with van der Waals surface area (Å²) in [6.45, 7) is 5.34. The van der Waals surface area contributed by atoms with E-state index < -0.39 is 5.97 Å². The first kappa shape index (κ1) is 20.1. The monoisotopic (exact) mass is 380 g/mol. The van der Waals surface area contributed by atoms with E-state index in [-0.39, 0.29) is 16.9 Å². The zero-order valence-electron chi connectivity index (χ0n) is 16.5. The van der Waals surface area contributed by atoms with Gasteiger partial charge in [-0.3, -0.25) is 4.79 Å². The summed E-state index contributed by atoms with van der Waals surface area (Å²) in [4.78, 5) is 24.0. The van der Waals surface area contributed by atoms with Crippen molar-refractivity contribution in [3.63, 3.8) is 0 Å². The molecule has 0 unspecified atom stereocenters. The maximum atomic E-state index is 13.1.